The Bertz CT molecular complexity index is 734. The first-order chi connectivity index (χ1) is 12.7. The van der Waals surface area contributed by atoms with E-state index >= 15 is 0 Å². The molecule has 0 aliphatic carbocycles. The van der Waals surface area contributed by atoms with Crippen LogP contribution in [0.2, 0.25) is 0 Å². The molecule has 1 amide bonds. The lowest BCUT2D eigenvalue weighted by atomic mass is 10.1. The van der Waals surface area contributed by atoms with Gasteiger partial charge in [0.1, 0.15) is 0 Å². The average molecular weight is 351 g/mol. The van der Waals surface area contributed by atoms with Gasteiger partial charge in [-0.2, -0.15) is 0 Å². The number of carbonyl (C=O) groups excluding carboxylic acids is 1. The van der Waals surface area contributed by atoms with Crippen molar-refractivity contribution in [2.24, 2.45) is 0 Å². The van der Waals surface area contributed by atoms with Gasteiger partial charge in [-0.15, -0.1) is 0 Å². The Kier molecular flexibility index (Phi) is 6.16. The molecule has 0 aromatic heterocycles. The van der Waals surface area contributed by atoms with Gasteiger partial charge in [-0.25, -0.2) is 0 Å². The maximum absolute atomic E-state index is 12.3. The third-order valence-electron chi connectivity index (χ3n) is 5.02. The fraction of sp³-hybridized carbons (Fsp3) is 0.409. The Morgan fingerprint density at radius 2 is 1.81 bits per heavy atom. The molecule has 3 rings (SSSR count). The Morgan fingerprint density at radius 1 is 1.08 bits per heavy atom. The minimum absolute atomic E-state index is 0.0511. The van der Waals surface area contributed by atoms with Gasteiger partial charge in [0.25, 0.3) is 0 Å². The van der Waals surface area contributed by atoms with Crippen molar-refractivity contribution in [3.63, 3.8) is 0 Å². The molecule has 1 aliphatic heterocycles. The molecule has 2 aromatic carbocycles. The van der Waals surface area contributed by atoms with Crippen molar-refractivity contribution >= 4 is 23.0 Å². The van der Waals surface area contributed by atoms with Crippen LogP contribution in [-0.2, 0) is 11.2 Å². The smallest absolute Gasteiger partial charge is 0.226 e. The van der Waals surface area contributed by atoms with E-state index in [0.717, 1.165) is 36.4 Å². The van der Waals surface area contributed by atoms with Crippen molar-refractivity contribution < 1.29 is 4.79 Å². The Hall–Kier alpha value is -2.49. The van der Waals surface area contributed by atoms with Crippen molar-refractivity contribution in [1.29, 1.82) is 0 Å². The number of anilines is 3. The van der Waals surface area contributed by atoms with Crippen molar-refractivity contribution in [3.05, 3.63) is 53.6 Å². The van der Waals surface area contributed by atoms with E-state index in [1.807, 2.05) is 19.1 Å². The fourth-order valence-electron chi connectivity index (χ4n) is 3.49. The molecule has 1 heterocycles. The standard InChI is InChI=1S/C22H29N3O/c1-3-18-8-6-7-17(2)22(18)24-21(26)13-14-23-19-9-11-20(12-10-19)25-15-4-5-16-25/h6-12,23H,3-5,13-16H2,1-2H3,(H,24,26). The molecule has 2 aromatic rings. The van der Waals surface area contributed by atoms with Gasteiger partial charge in [-0.05, 0) is 61.6 Å². The van der Waals surface area contributed by atoms with Gasteiger partial charge in [0.05, 0.1) is 0 Å². The summed E-state index contributed by atoms with van der Waals surface area (Å²) < 4.78 is 0. The maximum atomic E-state index is 12.3. The lowest BCUT2D eigenvalue weighted by Crippen LogP contribution is -2.18. The molecule has 138 valence electrons. The van der Waals surface area contributed by atoms with Crippen LogP contribution in [0.25, 0.3) is 0 Å². The molecule has 0 saturated carbocycles. The van der Waals surface area contributed by atoms with Crippen LogP contribution in [-0.4, -0.2) is 25.5 Å². The van der Waals surface area contributed by atoms with Crippen LogP contribution in [0.4, 0.5) is 17.1 Å². The second-order valence-corrected chi connectivity index (χ2v) is 6.93. The first-order valence-electron chi connectivity index (χ1n) is 9.64. The van der Waals surface area contributed by atoms with E-state index in [-0.39, 0.29) is 5.91 Å². The number of hydrogen-bond acceptors (Lipinski definition) is 3. The van der Waals surface area contributed by atoms with Gasteiger partial charge < -0.3 is 15.5 Å². The zero-order chi connectivity index (χ0) is 18.4. The minimum atomic E-state index is 0.0511. The first-order valence-corrected chi connectivity index (χ1v) is 9.64. The van der Waals surface area contributed by atoms with Crippen LogP contribution < -0.4 is 15.5 Å². The molecule has 0 atom stereocenters. The maximum Gasteiger partial charge on any atom is 0.226 e. The summed E-state index contributed by atoms with van der Waals surface area (Å²) in [5.41, 5.74) is 5.62. The Labute approximate surface area is 156 Å². The van der Waals surface area contributed by atoms with Crippen LogP contribution in [0.3, 0.4) is 0 Å². The molecule has 0 bridgehead atoms. The predicted octanol–water partition coefficient (Wildman–Crippen LogP) is 4.60. The predicted molar refractivity (Wildman–Crippen MR) is 110 cm³/mol. The largest absolute Gasteiger partial charge is 0.385 e. The summed E-state index contributed by atoms with van der Waals surface area (Å²) in [6, 6.07) is 14.7. The Morgan fingerprint density at radius 3 is 2.50 bits per heavy atom. The third-order valence-corrected chi connectivity index (χ3v) is 5.02. The summed E-state index contributed by atoms with van der Waals surface area (Å²) in [7, 11) is 0. The van der Waals surface area contributed by atoms with E-state index < -0.39 is 0 Å². The van der Waals surface area contributed by atoms with Crippen LogP contribution in [0, 0.1) is 6.92 Å². The second-order valence-electron chi connectivity index (χ2n) is 6.93. The molecule has 4 nitrogen and oxygen atoms in total. The number of rotatable bonds is 7. The number of amides is 1. The van der Waals surface area contributed by atoms with E-state index in [1.54, 1.807) is 0 Å². The van der Waals surface area contributed by atoms with E-state index in [1.165, 1.54) is 24.1 Å². The fourth-order valence-corrected chi connectivity index (χ4v) is 3.49. The summed E-state index contributed by atoms with van der Waals surface area (Å²) >= 11 is 0. The number of benzene rings is 2. The highest BCUT2D eigenvalue weighted by Gasteiger charge is 2.12. The normalized spacial score (nSPS) is 13.7. The first kappa shape index (κ1) is 18.3. The third kappa shape index (κ3) is 4.57. The minimum Gasteiger partial charge on any atom is -0.385 e. The molecule has 1 saturated heterocycles. The monoisotopic (exact) mass is 351 g/mol. The number of para-hydroxylation sites is 1. The zero-order valence-electron chi connectivity index (χ0n) is 15.8. The van der Waals surface area contributed by atoms with Gasteiger partial charge >= 0.3 is 0 Å². The SMILES string of the molecule is CCc1cccc(C)c1NC(=O)CCNc1ccc(N2CCCC2)cc1. The van der Waals surface area contributed by atoms with Gasteiger partial charge in [0.2, 0.25) is 5.91 Å². The summed E-state index contributed by atoms with van der Waals surface area (Å²) in [5.74, 6) is 0.0511. The van der Waals surface area contributed by atoms with Crippen LogP contribution >= 0.6 is 0 Å². The molecule has 1 fully saturated rings. The van der Waals surface area contributed by atoms with Crippen molar-refractivity contribution in [2.45, 2.75) is 39.5 Å². The molecule has 2 N–H and O–H groups in total. The van der Waals surface area contributed by atoms with E-state index in [4.69, 9.17) is 0 Å². The molecular formula is C22H29N3O. The quantitative estimate of drug-likeness (QED) is 0.766. The molecule has 0 radical (unpaired) electrons. The van der Waals surface area contributed by atoms with E-state index in [9.17, 15) is 4.79 Å². The van der Waals surface area contributed by atoms with Crippen molar-refractivity contribution in [3.8, 4) is 0 Å². The number of aryl methyl sites for hydroxylation is 2. The number of nitrogens with zero attached hydrogens (tertiary/aromatic N) is 1. The summed E-state index contributed by atoms with van der Waals surface area (Å²) in [5, 5.41) is 6.42. The van der Waals surface area contributed by atoms with Crippen LogP contribution in [0.1, 0.15) is 37.3 Å². The molecular weight excluding hydrogens is 322 g/mol. The number of nitrogens with one attached hydrogen (secondary N) is 2. The molecule has 4 heteroatoms. The zero-order valence-corrected chi connectivity index (χ0v) is 15.8. The van der Waals surface area contributed by atoms with Crippen molar-refractivity contribution in [2.75, 3.05) is 35.2 Å². The highest BCUT2D eigenvalue weighted by atomic mass is 16.1. The molecule has 0 spiro atoms. The summed E-state index contributed by atoms with van der Waals surface area (Å²) in [6.45, 7) is 7.09. The topological polar surface area (TPSA) is 44.4 Å². The molecule has 0 unspecified atom stereocenters. The van der Waals surface area contributed by atoms with Gasteiger partial charge in [-0.1, -0.05) is 25.1 Å². The van der Waals surface area contributed by atoms with E-state index in [2.05, 4.69) is 52.8 Å². The lowest BCUT2D eigenvalue weighted by molar-refractivity contribution is -0.115. The number of carbonyl (C=O) groups is 1. The van der Waals surface area contributed by atoms with Gasteiger partial charge in [-0.3, -0.25) is 4.79 Å². The highest BCUT2D eigenvalue weighted by Crippen LogP contribution is 2.23. The number of hydrogen-bond donors (Lipinski definition) is 2. The van der Waals surface area contributed by atoms with Crippen molar-refractivity contribution in [1.82, 2.24) is 0 Å². The molecule has 26 heavy (non-hydrogen) atoms. The van der Waals surface area contributed by atoms with Gasteiger partial charge in [0, 0.05) is 43.1 Å². The average Bonchev–Trinajstić information content (AvgIpc) is 3.19. The van der Waals surface area contributed by atoms with Gasteiger partial charge in [0.15, 0.2) is 0 Å². The van der Waals surface area contributed by atoms with Crippen LogP contribution in [0.15, 0.2) is 42.5 Å². The van der Waals surface area contributed by atoms with Crippen LogP contribution in [0.5, 0.6) is 0 Å². The summed E-state index contributed by atoms with van der Waals surface area (Å²) in [6.07, 6.45) is 3.94. The lowest BCUT2D eigenvalue weighted by Gasteiger charge is -2.18. The second kappa shape index (κ2) is 8.75. The Balaban J connectivity index is 1.48. The molecule has 1 aliphatic rings. The highest BCUT2D eigenvalue weighted by molar-refractivity contribution is 5.92. The summed E-state index contributed by atoms with van der Waals surface area (Å²) in [4.78, 5) is 14.7. The van der Waals surface area contributed by atoms with E-state index in [0.29, 0.717) is 13.0 Å².